The molecule has 156 valence electrons. The van der Waals surface area contributed by atoms with E-state index in [0.29, 0.717) is 18.7 Å². The monoisotopic (exact) mass is 425 g/mol. The topological polar surface area (TPSA) is 61.4 Å². The highest BCUT2D eigenvalue weighted by Gasteiger charge is 2.31. The van der Waals surface area contributed by atoms with Crippen LogP contribution in [-0.2, 0) is 4.79 Å². The Hall–Kier alpha value is -3.00. The lowest BCUT2D eigenvalue weighted by Gasteiger charge is -2.26. The molecule has 4 rings (SSSR count). The van der Waals surface area contributed by atoms with Crippen molar-refractivity contribution in [1.29, 1.82) is 0 Å². The van der Waals surface area contributed by atoms with Gasteiger partial charge in [0.2, 0.25) is 5.91 Å². The Morgan fingerprint density at radius 1 is 1.30 bits per heavy atom. The van der Waals surface area contributed by atoms with E-state index >= 15 is 0 Å². The number of nitrogens with one attached hydrogen (secondary N) is 1. The number of likely N-dealkylation sites (tertiary alicyclic amines) is 1. The van der Waals surface area contributed by atoms with Gasteiger partial charge in [0, 0.05) is 38.1 Å². The second-order valence-corrected chi connectivity index (χ2v) is 8.17. The van der Waals surface area contributed by atoms with Gasteiger partial charge in [0.15, 0.2) is 5.13 Å². The molecule has 0 bridgehead atoms. The molecule has 1 aromatic carbocycles. The lowest BCUT2D eigenvalue weighted by atomic mass is 10.1. The predicted molar refractivity (Wildman–Crippen MR) is 118 cm³/mol. The highest BCUT2D eigenvalue weighted by molar-refractivity contribution is 7.13. The average molecular weight is 426 g/mol. The van der Waals surface area contributed by atoms with Gasteiger partial charge in [0.25, 0.3) is 0 Å². The molecular weight excluding hydrogens is 401 g/mol. The zero-order valence-electron chi connectivity index (χ0n) is 16.8. The molecule has 6 nitrogen and oxygen atoms in total. The number of carbonyl (C=O) groups is 1. The first-order valence-electron chi connectivity index (χ1n) is 10.0. The highest BCUT2D eigenvalue weighted by atomic mass is 32.1. The second-order valence-electron chi connectivity index (χ2n) is 7.28. The Bertz CT molecular complexity index is 997. The fraction of sp³-hybridized carbons (Fsp3) is 0.318. The first kappa shape index (κ1) is 20.3. The van der Waals surface area contributed by atoms with E-state index in [1.54, 1.807) is 29.3 Å². The van der Waals surface area contributed by atoms with Gasteiger partial charge in [-0.3, -0.25) is 4.79 Å². The SMILES string of the molecule is CN(CCC(=O)N1CCC[C@@H]1c1cccc(Nc2nccs2)n1)c1ccccc1F. The van der Waals surface area contributed by atoms with Crippen LogP contribution in [0.2, 0.25) is 0 Å². The maximum Gasteiger partial charge on any atom is 0.224 e. The molecule has 0 unspecified atom stereocenters. The van der Waals surface area contributed by atoms with Gasteiger partial charge in [-0.05, 0) is 37.1 Å². The van der Waals surface area contributed by atoms with Gasteiger partial charge in [-0.1, -0.05) is 18.2 Å². The zero-order chi connectivity index (χ0) is 20.9. The normalized spacial score (nSPS) is 15.9. The molecule has 3 heterocycles. The van der Waals surface area contributed by atoms with Crippen molar-refractivity contribution in [3.05, 3.63) is 65.6 Å². The molecule has 0 saturated carbocycles. The number of benzene rings is 1. The first-order chi connectivity index (χ1) is 14.6. The number of nitrogens with zero attached hydrogens (tertiary/aromatic N) is 4. The van der Waals surface area contributed by atoms with Crippen LogP contribution in [0.1, 0.15) is 31.0 Å². The third-order valence-electron chi connectivity index (χ3n) is 5.28. The van der Waals surface area contributed by atoms with Crippen molar-refractivity contribution in [3.63, 3.8) is 0 Å². The molecule has 1 aliphatic rings. The third-order valence-corrected chi connectivity index (χ3v) is 5.97. The summed E-state index contributed by atoms with van der Waals surface area (Å²) in [6, 6.07) is 12.4. The van der Waals surface area contributed by atoms with Crippen molar-refractivity contribution in [2.24, 2.45) is 0 Å². The Kier molecular flexibility index (Phi) is 6.23. The van der Waals surface area contributed by atoms with Crippen LogP contribution in [0.15, 0.2) is 54.0 Å². The summed E-state index contributed by atoms with van der Waals surface area (Å²) in [4.78, 5) is 25.6. The fourth-order valence-electron chi connectivity index (χ4n) is 3.76. The molecule has 30 heavy (non-hydrogen) atoms. The van der Waals surface area contributed by atoms with E-state index in [1.807, 2.05) is 35.5 Å². The van der Waals surface area contributed by atoms with Crippen molar-refractivity contribution >= 4 is 33.9 Å². The summed E-state index contributed by atoms with van der Waals surface area (Å²) in [6.07, 6.45) is 3.92. The van der Waals surface area contributed by atoms with E-state index in [2.05, 4.69) is 10.3 Å². The van der Waals surface area contributed by atoms with E-state index in [1.165, 1.54) is 17.4 Å². The molecule has 0 aliphatic carbocycles. The smallest absolute Gasteiger partial charge is 0.224 e. The number of halogens is 1. The molecule has 0 spiro atoms. The van der Waals surface area contributed by atoms with Crippen LogP contribution in [-0.4, -0.2) is 40.9 Å². The lowest BCUT2D eigenvalue weighted by molar-refractivity contribution is -0.132. The molecule has 1 atom stereocenters. The molecule has 2 aromatic heterocycles. The van der Waals surface area contributed by atoms with Crippen LogP contribution in [0, 0.1) is 5.82 Å². The van der Waals surface area contributed by atoms with Gasteiger partial charge in [-0.15, -0.1) is 11.3 Å². The molecule has 1 N–H and O–H groups in total. The Morgan fingerprint density at radius 3 is 2.97 bits per heavy atom. The third kappa shape index (κ3) is 4.59. The van der Waals surface area contributed by atoms with Crippen LogP contribution in [0.3, 0.4) is 0 Å². The van der Waals surface area contributed by atoms with Gasteiger partial charge in [0.1, 0.15) is 11.6 Å². The number of carbonyl (C=O) groups excluding carboxylic acids is 1. The van der Waals surface area contributed by atoms with Crippen molar-refractivity contribution in [2.75, 3.05) is 30.4 Å². The van der Waals surface area contributed by atoms with Crippen LogP contribution >= 0.6 is 11.3 Å². The number of anilines is 3. The number of hydrogen-bond donors (Lipinski definition) is 1. The Morgan fingerprint density at radius 2 is 2.17 bits per heavy atom. The van der Waals surface area contributed by atoms with Gasteiger partial charge >= 0.3 is 0 Å². The molecule has 8 heteroatoms. The molecule has 0 radical (unpaired) electrons. The number of thiazole rings is 1. The number of rotatable bonds is 7. The number of hydrogen-bond acceptors (Lipinski definition) is 6. The summed E-state index contributed by atoms with van der Waals surface area (Å²) in [5.74, 6) is 0.516. The summed E-state index contributed by atoms with van der Waals surface area (Å²) in [5.41, 5.74) is 1.38. The molecule has 3 aromatic rings. The maximum absolute atomic E-state index is 14.0. The molecule has 1 aliphatic heterocycles. The van der Waals surface area contributed by atoms with Gasteiger partial charge < -0.3 is 15.1 Å². The standard InChI is InChI=1S/C22H24FN5OS/c1-27(18-8-3-2-6-16(18)23)14-11-21(29)28-13-5-9-19(28)17-7-4-10-20(25-17)26-22-24-12-15-30-22/h2-4,6-8,10,12,15,19H,5,9,11,13-14H2,1H3,(H,24,25,26)/t19-/m1/s1. The van der Waals surface area contributed by atoms with E-state index < -0.39 is 0 Å². The predicted octanol–water partition coefficient (Wildman–Crippen LogP) is 4.61. The fourth-order valence-corrected chi connectivity index (χ4v) is 4.30. The van der Waals surface area contributed by atoms with Gasteiger partial charge in [-0.2, -0.15) is 0 Å². The number of aromatic nitrogens is 2. The molecule has 1 amide bonds. The minimum atomic E-state index is -0.278. The molecule has 1 fully saturated rings. The van der Waals surface area contributed by atoms with E-state index in [0.717, 1.165) is 36.0 Å². The summed E-state index contributed by atoms with van der Waals surface area (Å²) in [7, 11) is 1.81. The minimum absolute atomic E-state index is 0.0330. The zero-order valence-corrected chi connectivity index (χ0v) is 17.6. The van der Waals surface area contributed by atoms with Gasteiger partial charge in [0.05, 0.1) is 17.4 Å². The quantitative estimate of drug-likeness (QED) is 0.599. The molecular formula is C22H24FN5OS. The summed E-state index contributed by atoms with van der Waals surface area (Å²) < 4.78 is 14.0. The Labute approximate surface area is 179 Å². The highest BCUT2D eigenvalue weighted by Crippen LogP contribution is 2.32. The number of amides is 1. The largest absolute Gasteiger partial charge is 0.372 e. The van der Waals surface area contributed by atoms with Crippen LogP contribution in [0.5, 0.6) is 0 Å². The number of pyridine rings is 1. The molecule has 1 saturated heterocycles. The van der Waals surface area contributed by atoms with E-state index in [4.69, 9.17) is 4.98 Å². The Balaban J connectivity index is 1.41. The number of para-hydroxylation sites is 1. The summed E-state index contributed by atoms with van der Waals surface area (Å²) in [5, 5.41) is 5.90. The van der Waals surface area contributed by atoms with Gasteiger partial charge in [-0.25, -0.2) is 14.4 Å². The average Bonchev–Trinajstić information content (AvgIpc) is 3.44. The van der Waals surface area contributed by atoms with Crippen molar-refractivity contribution < 1.29 is 9.18 Å². The minimum Gasteiger partial charge on any atom is -0.372 e. The summed E-state index contributed by atoms with van der Waals surface area (Å²) in [6.45, 7) is 1.18. The van der Waals surface area contributed by atoms with Crippen LogP contribution in [0.25, 0.3) is 0 Å². The van der Waals surface area contributed by atoms with Crippen molar-refractivity contribution in [1.82, 2.24) is 14.9 Å². The van der Waals surface area contributed by atoms with Crippen LogP contribution < -0.4 is 10.2 Å². The summed E-state index contributed by atoms with van der Waals surface area (Å²) >= 11 is 1.51. The second kappa shape index (κ2) is 9.21. The first-order valence-corrected chi connectivity index (χ1v) is 10.9. The van der Waals surface area contributed by atoms with E-state index in [9.17, 15) is 9.18 Å². The van der Waals surface area contributed by atoms with Crippen molar-refractivity contribution in [3.8, 4) is 0 Å². The van der Waals surface area contributed by atoms with Crippen molar-refractivity contribution in [2.45, 2.75) is 25.3 Å². The lowest BCUT2D eigenvalue weighted by Crippen LogP contribution is -2.33. The van der Waals surface area contributed by atoms with E-state index in [-0.39, 0.29) is 17.8 Å². The van der Waals surface area contributed by atoms with Crippen LogP contribution in [0.4, 0.5) is 21.0 Å². The maximum atomic E-state index is 14.0.